The smallest absolute Gasteiger partial charge is 0.326 e. The average molecular weight is 319 g/mol. The summed E-state index contributed by atoms with van der Waals surface area (Å²) in [5.41, 5.74) is 0.198. The lowest BCUT2D eigenvalue weighted by Crippen LogP contribution is -2.41. The maximum Gasteiger partial charge on any atom is 0.326 e. The van der Waals surface area contributed by atoms with E-state index in [0.717, 1.165) is 0 Å². The van der Waals surface area contributed by atoms with Crippen molar-refractivity contribution in [1.29, 1.82) is 0 Å². The first-order chi connectivity index (χ1) is 8.40. The molecule has 0 aliphatic rings. The fraction of sp³-hybridized carbons (Fsp3) is 0.300. The third-order valence-electron chi connectivity index (χ3n) is 2.14. The molecule has 4 N–H and O–H groups in total. The van der Waals surface area contributed by atoms with E-state index >= 15 is 0 Å². The number of H-pyrrole nitrogens is 1. The second-order valence-corrected chi connectivity index (χ2v) is 4.44. The molecule has 1 aromatic rings. The number of amides is 1. The molecule has 18 heavy (non-hydrogen) atoms. The highest BCUT2D eigenvalue weighted by atomic mass is 79.9. The van der Waals surface area contributed by atoms with Crippen molar-refractivity contribution in [3.05, 3.63) is 22.4 Å². The van der Waals surface area contributed by atoms with Crippen LogP contribution in [0.5, 0.6) is 0 Å². The zero-order valence-corrected chi connectivity index (χ0v) is 10.7. The summed E-state index contributed by atoms with van der Waals surface area (Å²) in [5, 5.41) is 19.6. The fourth-order valence-electron chi connectivity index (χ4n) is 1.26. The molecule has 1 rings (SSSR count). The van der Waals surface area contributed by atoms with Crippen LogP contribution in [0.3, 0.4) is 0 Å². The number of rotatable bonds is 6. The quantitative estimate of drug-likeness (QED) is 0.619. The molecule has 0 unspecified atom stereocenters. The van der Waals surface area contributed by atoms with E-state index in [1.807, 2.05) is 0 Å². The number of hydrogen-bond acceptors (Lipinski definition) is 3. The van der Waals surface area contributed by atoms with Gasteiger partial charge in [0.2, 0.25) is 0 Å². The van der Waals surface area contributed by atoms with Crippen LogP contribution in [0.2, 0.25) is 0 Å². The molecular formula is C10H11BrN2O5. The third kappa shape index (κ3) is 4.21. The summed E-state index contributed by atoms with van der Waals surface area (Å²) in [6.07, 6.45) is 1.03. The van der Waals surface area contributed by atoms with Gasteiger partial charge in [0.05, 0.1) is 0 Å². The molecule has 1 aromatic heterocycles. The van der Waals surface area contributed by atoms with Crippen molar-refractivity contribution in [3.8, 4) is 0 Å². The summed E-state index contributed by atoms with van der Waals surface area (Å²) in [6.45, 7) is 0. The van der Waals surface area contributed by atoms with Gasteiger partial charge in [-0.1, -0.05) is 0 Å². The van der Waals surface area contributed by atoms with Crippen LogP contribution in [0.1, 0.15) is 23.3 Å². The SMILES string of the molecule is O=C(O)CC[C@H](NC(=O)c1cc(Br)c[nH]1)C(=O)O. The molecule has 7 nitrogen and oxygen atoms in total. The van der Waals surface area contributed by atoms with Crippen LogP contribution in [0.15, 0.2) is 16.7 Å². The molecule has 8 heteroatoms. The Morgan fingerprint density at radius 2 is 2.06 bits per heavy atom. The Morgan fingerprint density at radius 1 is 1.39 bits per heavy atom. The Morgan fingerprint density at radius 3 is 2.50 bits per heavy atom. The van der Waals surface area contributed by atoms with E-state index in [2.05, 4.69) is 26.2 Å². The van der Waals surface area contributed by atoms with Crippen LogP contribution in [0, 0.1) is 0 Å². The van der Waals surface area contributed by atoms with E-state index in [0.29, 0.717) is 4.47 Å². The van der Waals surface area contributed by atoms with Gasteiger partial charge in [-0.2, -0.15) is 0 Å². The summed E-state index contributed by atoms with van der Waals surface area (Å²) >= 11 is 3.14. The molecule has 0 aliphatic heterocycles. The molecule has 98 valence electrons. The zero-order valence-electron chi connectivity index (χ0n) is 9.14. The number of aromatic nitrogens is 1. The molecule has 1 heterocycles. The van der Waals surface area contributed by atoms with E-state index in [-0.39, 0.29) is 18.5 Å². The topological polar surface area (TPSA) is 119 Å². The number of carbonyl (C=O) groups is 3. The molecule has 0 saturated heterocycles. The monoisotopic (exact) mass is 318 g/mol. The Balaban J connectivity index is 2.63. The number of carboxylic acid groups (broad SMARTS) is 2. The Hall–Kier alpha value is -1.83. The van der Waals surface area contributed by atoms with Gasteiger partial charge in [-0.15, -0.1) is 0 Å². The van der Waals surface area contributed by atoms with E-state index in [1.165, 1.54) is 12.3 Å². The molecule has 0 aliphatic carbocycles. The van der Waals surface area contributed by atoms with Crippen molar-refractivity contribution in [2.75, 3.05) is 0 Å². The van der Waals surface area contributed by atoms with E-state index in [1.54, 1.807) is 0 Å². The molecule has 0 fully saturated rings. The van der Waals surface area contributed by atoms with Gasteiger partial charge in [-0.25, -0.2) is 4.79 Å². The van der Waals surface area contributed by atoms with Crippen LogP contribution >= 0.6 is 15.9 Å². The van der Waals surface area contributed by atoms with Gasteiger partial charge in [0.25, 0.3) is 5.91 Å². The predicted molar refractivity (Wildman–Crippen MR) is 64.3 cm³/mol. The van der Waals surface area contributed by atoms with Gasteiger partial charge in [-0.05, 0) is 28.4 Å². The Bertz CT molecular complexity index is 471. The first-order valence-corrected chi connectivity index (χ1v) is 5.79. The van der Waals surface area contributed by atoms with Crippen molar-refractivity contribution < 1.29 is 24.6 Å². The molecule has 0 spiro atoms. The molecule has 0 saturated carbocycles. The lowest BCUT2D eigenvalue weighted by atomic mass is 10.1. The zero-order chi connectivity index (χ0) is 13.7. The number of nitrogens with one attached hydrogen (secondary N) is 2. The molecule has 0 bridgehead atoms. The van der Waals surface area contributed by atoms with Gasteiger partial charge in [0.1, 0.15) is 11.7 Å². The van der Waals surface area contributed by atoms with Gasteiger partial charge in [0.15, 0.2) is 0 Å². The average Bonchev–Trinajstić information content (AvgIpc) is 2.70. The van der Waals surface area contributed by atoms with Crippen molar-refractivity contribution in [1.82, 2.24) is 10.3 Å². The van der Waals surface area contributed by atoms with Crippen LogP contribution < -0.4 is 5.32 Å². The van der Waals surface area contributed by atoms with Crippen LogP contribution in [0.4, 0.5) is 0 Å². The number of carbonyl (C=O) groups excluding carboxylic acids is 1. The van der Waals surface area contributed by atoms with E-state index in [9.17, 15) is 14.4 Å². The second-order valence-electron chi connectivity index (χ2n) is 3.53. The van der Waals surface area contributed by atoms with Gasteiger partial charge in [-0.3, -0.25) is 9.59 Å². The van der Waals surface area contributed by atoms with Crippen molar-refractivity contribution in [2.24, 2.45) is 0 Å². The summed E-state index contributed by atoms with van der Waals surface area (Å²) in [7, 11) is 0. The first-order valence-electron chi connectivity index (χ1n) is 4.99. The molecular weight excluding hydrogens is 308 g/mol. The lowest BCUT2D eigenvalue weighted by molar-refractivity contribution is -0.140. The Labute approximate surface area is 110 Å². The maximum atomic E-state index is 11.6. The van der Waals surface area contributed by atoms with Crippen LogP contribution in [0.25, 0.3) is 0 Å². The minimum Gasteiger partial charge on any atom is -0.481 e. The number of halogens is 1. The summed E-state index contributed by atoms with van der Waals surface area (Å²) in [4.78, 5) is 35.5. The minimum atomic E-state index is -1.27. The maximum absolute atomic E-state index is 11.6. The first kappa shape index (κ1) is 14.2. The molecule has 0 aromatic carbocycles. The fourth-order valence-corrected chi connectivity index (χ4v) is 1.60. The summed E-state index contributed by atoms with van der Waals surface area (Å²) in [5.74, 6) is -2.98. The largest absolute Gasteiger partial charge is 0.481 e. The summed E-state index contributed by atoms with van der Waals surface area (Å²) < 4.78 is 0.657. The van der Waals surface area contributed by atoms with Crippen molar-refractivity contribution in [2.45, 2.75) is 18.9 Å². The number of hydrogen-bond donors (Lipinski definition) is 4. The van der Waals surface area contributed by atoms with Crippen LogP contribution in [-0.4, -0.2) is 39.1 Å². The second kappa shape index (κ2) is 6.20. The third-order valence-corrected chi connectivity index (χ3v) is 2.60. The van der Waals surface area contributed by atoms with Crippen molar-refractivity contribution in [3.63, 3.8) is 0 Å². The number of aliphatic carboxylic acids is 2. The van der Waals surface area contributed by atoms with E-state index < -0.39 is 23.9 Å². The van der Waals surface area contributed by atoms with Crippen molar-refractivity contribution >= 4 is 33.8 Å². The van der Waals surface area contributed by atoms with Crippen LogP contribution in [-0.2, 0) is 9.59 Å². The molecule has 1 amide bonds. The van der Waals surface area contributed by atoms with Gasteiger partial charge >= 0.3 is 11.9 Å². The highest BCUT2D eigenvalue weighted by Gasteiger charge is 2.22. The molecule has 1 atom stereocenters. The number of aromatic amines is 1. The van der Waals surface area contributed by atoms with Gasteiger partial charge < -0.3 is 20.5 Å². The standard InChI is InChI=1S/C10H11BrN2O5/c11-5-3-7(12-4-5)9(16)13-6(10(17)18)1-2-8(14)15/h3-4,6,12H,1-2H2,(H,13,16)(H,14,15)(H,17,18)/t6-/m0/s1. The predicted octanol–water partition coefficient (Wildman–Crippen LogP) is 0.825. The lowest BCUT2D eigenvalue weighted by Gasteiger charge is -2.12. The van der Waals surface area contributed by atoms with Gasteiger partial charge in [0, 0.05) is 17.1 Å². The minimum absolute atomic E-state index is 0.168. The van der Waals surface area contributed by atoms with E-state index in [4.69, 9.17) is 10.2 Å². The highest BCUT2D eigenvalue weighted by Crippen LogP contribution is 2.11. The Kier molecular flexibility index (Phi) is 4.90. The summed E-state index contributed by atoms with van der Waals surface area (Å²) in [6, 6.07) is 0.265. The molecule has 0 radical (unpaired) electrons. The normalized spacial score (nSPS) is 11.8. The number of carboxylic acids is 2. The highest BCUT2D eigenvalue weighted by molar-refractivity contribution is 9.10.